The molecule has 0 bridgehead atoms. The van der Waals surface area contributed by atoms with Crippen molar-refractivity contribution in [2.75, 3.05) is 10.0 Å². The zero-order valence-corrected chi connectivity index (χ0v) is 21.3. The molecule has 0 unspecified atom stereocenters. The van der Waals surface area contributed by atoms with Gasteiger partial charge in [0.05, 0.1) is 21.3 Å². The van der Waals surface area contributed by atoms with Crippen molar-refractivity contribution >= 4 is 54.7 Å². The Bertz CT molecular complexity index is 1610. The molecule has 176 valence electrons. The van der Waals surface area contributed by atoms with Crippen LogP contribution in [0.4, 0.5) is 11.5 Å². The number of aromatic nitrogens is 3. The second kappa shape index (κ2) is 9.69. The van der Waals surface area contributed by atoms with Crippen LogP contribution in [0.2, 0.25) is 5.02 Å². The van der Waals surface area contributed by atoms with Gasteiger partial charge in [-0.3, -0.25) is 4.72 Å². The van der Waals surface area contributed by atoms with E-state index in [1.807, 2.05) is 42.5 Å². The summed E-state index contributed by atoms with van der Waals surface area (Å²) in [5.41, 5.74) is 3.65. The predicted molar refractivity (Wildman–Crippen MR) is 142 cm³/mol. The molecule has 0 saturated carbocycles. The average Bonchev–Trinajstić information content (AvgIpc) is 3.25. The second-order valence-electron chi connectivity index (χ2n) is 7.70. The Morgan fingerprint density at radius 1 is 0.943 bits per heavy atom. The van der Waals surface area contributed by atoms with Gasteiger partial charge in [0.1, 0.15) is 5.82 Å². The lowest BCUT2D eigenvalue weighted by atomic mass is 10.1. The minimum atomic E-state index is -3.64. The molecule has 0 spiro atoms. The van der Waals surface area contributed by atoms with Crippen molar-refractivity contribution in [3.63, 3.8) is 0 Å². The van der Waals surface area contributed by atoms with Crippen molar-refractivity contribution in [1.29, 1.82) is 0 Å². The highest BCUT2D eigenvalue weighted by Gasteiger charge is 2.15. The molecule has 0 aliphatic heterocycles. The number of fused-ring (bicyclic) bond motifs is 1. The molecule has 5 rings (SSSR count). The van der Waals surface area contributed by atoms with Crippen LogP contribution >= 0.6 is 27.5 Å². The smallest absolute Gasteiger partial charge is 0.261 e. The van der Waals surface area contributed by atoms with E-state index in [2.05, 4.69) is 31.1 Å². The normalized spacial score (nSPS) is 11.5. The van der Waals surface area contributed by atoms with Crippen molar-refractivity contribution in [3.8, 4) is 11.3 Å². The number of anilines is 2. The van der Waals surface area contributed by atoms with Crippen LogP contribution in [0.3, 0.4) is 0 Å². The fraction of sp³-hybridized carbons (Fsp3) is 0.0400. The summed E-state index contributed by atoms with van der Waals surface area (Å²) >= 11 is 9.91. The highest BCUT2D eigenvalue weighted by Crippen LogP contribution is 2.30. The van der Waals surface area contributed by atoms with E-state index in [-0.39, 0.29) is 4.90 Å². The molecule has 10 heteroatoms. The second-order valence-corrected chi connectivity index (χ2v) is 10.6. The molecule has 0 atom stereocenters. The molecule has 2 N–H and O–H groups in total. The summed E-state index contributed by atoms with van der Waals surface area (Å²) < 4.78 is 30.2. The fourth-order valence-corrected chi connectivity index (χ4v) is 5.23. The molecular formula is C25H19BrClN5O2S. The van der Waals surface area contributed by atoms with Crippen LogP contribution in [-0.4, -0.2) is 23.0 Å². The van der Waals surface area contributed by atoms with Crippen molar-refractivity contribution in [1.82, 2.24) is 14.6 Å². The van der Waals surface area contributed by atoms with Gasteiger partial charge in [0.15, 0.2) is 5.65 Å². The first-order chi connectivity index (χ1) is 16.9. The summed E-state index contributed by atoms with van der Waals surface area (Å²) in [6.07, 6.45) is 1.69. The lowest BCUT2D eigenvalue weighted by Crippen LogP contribution is -2.12. The van der Waals surface area contributed by atoms with Gasteiger partial charge in [-0.15, -0.1) is 0 Å². The third-order valence-electron chi connectivity index (χ3n) is 5.31. The Balaban J connectivity index is 1.36. The van der Waals surface area contributed by atoms with E-state index in [0.29, 0.717) is 22.9 Å². The maximum absolute atomic E-state index is 12.5. The molecule has 0 radical (unpaired) electrons. The first-order valence-corrected chi connectivity index (χ1v) is 13.3. The first-order valence-electron chi connectivity index (χ1n) is 10.6. The predicted octanol–water partition coefficient (Wildman–Crippen LogP) is 6.23. The quantitative estimate of drug-likeness (QED) is 0.243. The number of sulfonamides is 1. The van der Waals surface area contributed by atoms with E-state index in [4.69, 9.17) is 16.6 Å². The standard InChI is InChI=1S/C25H19BrClN5O2S/c26-21-16-29-32-24(14-23(30-25(21)32)20-8-4-5-9-22(20)27)28-15-17-10-12-18(13-11-17)31-35(33,34)19-6-2-1-3-7-19/h1-14,16,28,31H,15H2. The van der Waals surface area contributed by atoms with Gasteiger partial charge in [-0.25, -0.2) is 13.4 Å². The molecule has 0 aliphatic rings. The van der Waals surface area contributed by atoms with Gasteiger partial charge in [-0.1, -0.05) is 60.1 Å². The number of hydrogen-bond acceptors (Lipinski definition) is 5. The largest absolute Gasteiger partial charge is 0.366 e. The van der Waals surface area contributed by atoms with Gasteiger partial charge in [0, 0.05) is 28.9 Å². The Morgan fingerprint density at radius 2 is 1.66 bits per heavy atom. The van der Waals surface area contributed by atoms with Gasteiger partial charge in [0.2, 0.25) is 0 Å². The number of halogens is 2. The van der Waals surface area contributed by atoms with Crippen LogP contribution in [0.1, 0.15) is 5.56 Å². The van der Waals surface area contributed by atoms with Crippen LogP contribution in [-0.2, 0) is 16.6 Å². The lowest BCUT2D eigenvalue weighted by Gasteiger charge is -2.12. The van der Waals surface area contributed by atoms with E-state index in [1.165, 1.54) is 0 Å². The Kier molecular flexibility index (Phi) is 6.46. The Morgan fingerprint density at radius 3 is 2.40 bits per heavy atom. The van der Waals surface area contributed by atoms with Gasteiger partial charge in [0.25, 0.3) is 10.0 Å². The molecule has 5 aromatic rings. The number of benzene rings is 3. The molecule has 0 amide bonds. The lowest BCUT2D eigenvalue weighted by molar-refractivity contribution is 0.601. The van der Waals surface area contributed by atoms with Crippen molar-refractivity contribution < 1.29 is 8.42 Å². The van der Waals surface area contributed by atoms with Crippen LogP contribution < -0.4 is 10.0 Å². The zero-order valence-electron chi connectivity index (χ0n) is 18.2. The topological polar surface area (TPSA) is 88.4 Å². The number of hydrogen-bond donors (Lipinski definition) is 2. The van der Waals surface area contributed by atoms with Gasteiger partial charge in [-0.05, 0) is 51.8 Å². The SMILES string of the molecule is O=S(=O)(Nc1ccc(CNc2cc(-c3ccccc3Cl)nc3c(Br)cnn23)cc1)c1ccccc1. The fourth-order valence-electron chi connectivity index (χ4n) is 3.57. The summed E-state index contributed by atoms with van der Waals surface area (Å²) in [6, 6.07) is 24.9. The molecule has 0 fully saturated rings. The van der Waals surface area contributed by atoms with Crippen LogP contribution in [0.25, 0.3) is 16.9 Å². The summed E-state index contributed by atoms with van der Waals surface area (Å²) in [6.45, 7) is 0.490. The zero-order chi connectivity index (χ0) is 24.4. The van der Waals surface area contributed by atoms with E-state index in [9.17, 15) is 8.42 Å². The van der Waals surface area contributed by atoms with Crippen molar-refractivity contribution in [2.24, 2.45) is 0 Å². The minimum Gasteiger partial charge on any atom is -0.366 e. The Hall–Kier alpha value is -3.40. The van der Waals surface area contributed by atoms with E-state index < -0.39 is 10.0 Å². The average molecular weight is 569 g/mol. The minimum absolute atomic E-state index is 0.215. The highest BCUT2D eigenvalue weighted by molar-refractivity contribution is 9.10. The molecule has 2 heterocycles. The number of nitrogens with one attached hydrogen (secondary N) is 2. The third-order valence-corrected chi connectivity index (χ3v) is 7.60. The van der Waals surface area contributed by atoms with E-state index >= 15 is 0 Å². The summed E-state index contributed by atoms with van der Waals surface area (Å²) in [7, 11) is -3.64. The summed E-state index contributed by atoms with van der Waals surface area (Å²) in [5, 5.41) is 8.41. The maximum Gasteiger partial charge on any atom is 0.261 e. The van der Waals surface area contributed by atoms with Crippen molar-refractivity contribution in [3.05, 3.63) is 106 Å². The molecular weight excluding hydrogens is 550 g/mol. The van der Waals surface area contributed by atoms with Crippen molar-refractivity contribution in [2.45, 2.75) is 11.4 Å². The number of rotatable bonds is 7. The third kappa shape index (κ3) is 5.02. The molecule has 7 nitrogen and oxygen atoms in total. The van der Waals surface area contributed by atoms with Crippen LogP contribution in [0.15, 0.2) is 100 Å². The van der Waals surface area contributed by atoms with E-state index in [1.54, 1.807) is 53.2 Å². The molecule has 0 aliphatic carbocycles. The highest BCUT2D eigenvalue weighted by atomic mass is 79.9. The van der Waals surface area contributed by atoms with Gasteiger partial charge >= 0.3 is 0 Å². The molecule has 3 aromatic carbocycles. The molecule has 2 aromatic heterocycles. The van der Waals surface area contributed by atoms with Gasteiger partial charge in [-0.2, -0.15) is 9.61 Å². The molecule has 0 saturated heterocycles. The summed E-state index contributed by atoms with van der Waals surface area (Å²) in [4.78, 5) is 4.93. The summed E-state index contributed by atoms with van der Waals surface area (Å²) in [5.74, 6) is 0.740. The van der Waals surface area contributed by atoms with Crippen LogP contribution in [0, 0.1) is 0 Å². The monoisotopic (exact) mass is 567 g/mol. The first kappa shape index (κ1) is 23.3. The van der Waals surface area contributed by atoms with E-state index in [0.717, 1.165) is 27.1 Å². The van der Waals surface area contributed by atoms with Crippen LogP contribution in [0.5, 0.6) is 0 Å². The van der Waals surface area contributed by atoms with Gasteiger partial charge < -0.3 is 5.32 Å². The maximum atomic E-state index is 12.5. The number of nitrogens with zero attached hydrogens (tertiary/aromatic N) is 3. The molecule has 35 heavy (non-hydrogen) atoms. The Labute approximate surface area is 216 Å².